The van der Waals surface area contributed by atoms with Crippen molar-refractivity contribution in [3.63, 3.8) is 0 Å². The van der Waals surface area contributed by atoms with Crippen LogP contribution in [0.15, 0.2) is 60.0 Å². The van der Waals surface area contributed by atoms with Crippen molar-refractivity contribution in [3.8, 4) is 11.3 Å². The van der Waals surface area contributed by atoms with Crippen LogP contribution in [0, 0.1) is 13.8 Å². The topological polar surface area (TPSA) is 85.1 Å². The third-order valence-corrected chi connectivity index (χ3v) is 5.12. The van der Waals surface area contributed by atoms with Crippen LogP contribution >= 0.6 is 11.8 Å². The van der Waals surface area contributed by atoms with Crippen molar-refractivity contribution in [1.82, 2.24) is 24.8 Å². The van der Waals surface area contributed by atoms with Gasteiger partial charge in [-0.1, -0.05) is 29.5 Å². The van der Waals surface area contributed by atoms with Gasteiger partial charge < -0.3 is 5.32 Å². The van der Waals surface area contributed by atoms with Crippen LogP contribution in [0.25, 0.3) is 16.9 Å². The molecule has 0 aliphatic rings. The molecule has 0 fully saturated rings. The summed E-state index contributed by atoms with van der Waals surface area (Å²) in [6, 6.07) is 13.5. The maximum absolute atomic E-state index is 12.4. The molecule has 0 saturated heterocycles. The number of hydrogen-bond acceptors (Lipinski definition) is 6. The van der Waals surface area contributed by atoms with E-state index in [0.717, 1.165) is 28.1 Å². The van der Waals surface area contributed by atoms with E-state index in [1.807, 2.05) is 56.3 Å². The zero-order valence-electron chi connectivity index (χ0n) is 15.5. The highest BCUT2D eigenvalue weighted by Crippen LogP contribution is 2.21. The Morgan fingerprint density at radius 2 is 1.89 bits per heavy atom. The first-order chi connectivity index (χ1) is 13.6. The number of benzene rings is 1. The highest BCUT2D eigenvalue weighted by atomic mass is 32.2. The van der Waals surface area contributed by atoms with Crippen molar-refractivity contribution in [2.75, 3.05) is 11.1 Å². The quantitative estimate of drug-likeness (QED) is 0.525. The van der Waals surface area contributed by atoms with E-state index in [9.17, 15) is 4.79 Å². The fraction of sp³-hybridized carbons (Fsp3) is 0.150. The summed E-state index contributed by atoms with van der Waals surface area (Å²) in [5.41, 5.74) is 5.40. The van der Waals surface area contributed by atoms with Crippen LogP contribution in [0.4, 0.5) is 5.69 Å². The molecule has 4 rings (SSSR count). The lowest BCUT2D eigenvalue weighted by atomic mass is 10.1. The molecule has 4 aromatic rings. The van der Waals surface area contributed by atoms with Gasteiger partial charge in [-0.05, 0) is 49.7 Å². The van der Waals surface area contributed by atoms with Gasteiger partial charge in [0.2, 0.25) is 11.1 Å². The van der Waals surface area contributed by atoms with Crippen molar-refractivity contribution < 1.29 is 4.79 Å². The SMILES string of the molecule is Cc1ccc(NC(=O)CSc2nnc3ccc(-c4ccncc4)nn23)c(C)c1. The number of fused-ring (bicyclic) bond motifs is 1. The van der Waals surface area contributed by atoms with Gasteiger partial charge in [-0.25, -0.2) is 0 Å². The Morgan fingerprint density at radius 3 is 2.68 bits per heavy atom. The van der Waals surface area contributed by atoms with Gasteiger partial charge in [0, 0.05) is 23.6 Å². The van der Waals surface area contributed by atoms with E-state index in [0.29, 0.717) is 10.8 Å². The molecular formula is C20H18N6OS. The predicted molar refractivity (Wildman–Crippen MR) is 109 cm³/mol. The van der Waals surface area contributed by atoms with Crippen LogP contribution in [-0.4, -0.2) is 36.5 Å². The van der Waals surface area contributed by atoms with Gasteiger partial charge in [0.25, 0.3) is 0 Å². The number of pyridine rings is 1. The average molecular weight is 390 g/mol. The van der Waals surface area contributed by atoms with Gasteiger partial charge in [0.1, 0.15) is 0 Å². The molecule has 0 aliphatic carbocycles. The number of aryl methyl sites for hydroxylation is 2. The molecule has 28 heavy (non-hydrogen) atoms. The minimum Gasteiger partial charge on any atom is -0.325 e. The number of thioether (sulfide) groups is 1. The smallest absolute Gasteiger partial charge is 0.234 e. The number of nitrogens with zero attached hydrogens (tertiary/aromatic N) is 5. The lowest BCUT2D eigenvalue weighted by Crippen LogP contribution is -2.15. The number of carbonyl (C=O) groups is 1. The van der Waals surface area contributed by atoms with E-state index in [2.05, 4.69) is 25.6 Å². The zero-order valence-corrected chi connectivity index (χ0v) is 16.3. The normalized spacial score (nSPS) is 10.9. The summed E-state index contributed by atoms with van der Waals surface area (Å²) in [5.74, 6) is 0.119. The molecule has 140 valence electrons. The van der Waals surface area contributed by atoms with Crippen LogP contribution in [0.5, 0.6) is 0 Å². The molecule has 0 bridgehead atoms. The highest BCUT2D eigenvalue weighted by Gasteiger charge is 2.12. The van der Waals surface area contributed by atoms with Crippen molar-refractivity contribution in [3.05, 3.63) is 66.0 Å². The first-order valence-electron chi connectivity index (χ1n) is 8.73. The second kappa shape index (κ2) is 7.77. The number of rotatable bonds is 5. The molecule has 0 unspecified atom stereocenters. The first-order valence-corrected chi connectivity index (χ1v) is 9.71. The number of amides is 1. The number of anilines is 1. The molecule has 0 atom stereocenters. The third kappa shape index (κ3) is 3.86. The van der Waals surface area contributed by atoms with Crippen molar-refractivity contribution in [2.45, 2.75) is 19.0 Å². The van der Waals surface area contributed by atoms with E-state index in [4.69, 9.17) is 0 Å². The van der Waals surface area contributed by atoms with Gasteiger partial charge >= 0.3 is 0 Å². The van der Waals surface area contributed by atoms with E-state index in [1.165, 1.54) is 11.8 Å². The van der Waals surface area contributed by atoms with Crippen LogP contribution in [-0.2, 0) is 4.79 Å². The summed E-state index contributed by atoms with van der Waals surface area (Å²) in [7, 11) is 0. The van der Waals surface area contributed by atoms with Gasteiger partial charge in [-0.2, -0.15) is 9.61 Å². The maximum atomic E-state index is 12.4. The molecule has 3 heterocycles. The monoisotopic (exact) mass is 390 g/mol. The van der Waals surface area contributed by atoms with Crippen molar-refractivity contribution in [2.24, 2.45) is 0 Å². The Kier molecular flexibility index (Phi) is 5.03. The summed E-state index contributed by atoms with van der Waals surface area (Å²) in [5, 5.41) is 16.4. The predicted octanol–water partition coefficient (Wildman–Crippen LogP) is 3.53. The van der Waals surface area contributed by atoms with E-state index >= 15 is 0 Å². The largest absolute Gasteiger partial charge is 0.325 e. The molecule has 0 saturated carbocycles. The van der Waals surface area contributed by atoms with Crippen molar-refractivity contribution >= 4 is 29.0 Å². The Hall–Kier alpha value is -3.26. The molecule has 1 amide bonds. The standard InChI is InChI=1S/C20H18N6OS/c1-13-3-4-16(14(2)11-13)22-19(27)12-28-20-24-23-18-6-5-17(25-26(18)20)15-7-9-21-10-8-15/h3-11H,12H2,1-2H3,(H,22,27). The first kappa shape index (κ1) is 18.1. The lowest BCUT2D eigenvalue weighted by Gasteiger charge is -2.08. The fourth-order valence-corrected chi connectivity index (χ4v) is 3.49. The summed E-state index contributed by atoms with van der Waals surface area (Å²) in [6.07, 6.45) is 3.45. The van der Waals surface area contributed by atoms with E-state index < -0.39 is 0 Å². The molecule has 7 nitrogen and oxygen atoms in total. The molecule has 0 aliphatic heterocycles. The van der Waals surface area contributed by atoms with Gasteiger partial charge in [-0.15, -0.1) is 10.2 Å². The average Bonchev–Trinajstić information content (AvgIpc) is 3.11. The summed E-state index contributed by atoms with van der Waals surface area (Å²) >= 11 is 1.30. The Balaban J connectivity index is 1.49. The number of aromatic nitrogens is 5. The number of nitrogens with one attached hydrogen (secondary N) is 1. The van der Waals surface area contributed by atoms with E-state index in [1.54, 1.807) is 16.9 Å². The van der Waals surface area contributed by atoms with Crippen LogP contribution in [0.1, 0.15) is 11.1 Å². The minimum atomic E-state index is -0.0982. The molecule has 3 aromatic heterocycles. The number of carbonyl (C=O) groups excluding carboxylic acids is 1. The molecule has 0 radical (unpaired) electrons. The zero-order chi connectivity index (χ0) is 19.5. The molecular weight excluding hydrogens is 372 g/mol. The molecule has 1 N–H and O–H groups in total. The second-order valence-electron chi connectivity index (χ2n) is 6.36. The minimum absolute atomic E-state index is 0.0982. The lowest BCUT2D eigenvalue weighted by molar-refractivity contribution is -0.113. The molecule has 0 spiro atoms. The Bertz CT molecular complexity index is 1140. The van der Waals surface area contributed by atoms with Crippen molar-refractivity contribution in [1.29, 1.82) is 0 Å². The Morgan fingerprint density at radius 1 is 1.07 bits per heavy atom. The summed E-state index contributed by atoms with van der Waals surface area (Å²) in [4.78, 5) is 16.4. The van der Waals surface area contributed by atoms with Crippen LogP contribution < -0.4 is 5.32 Å². The van der Waals surface area contributed by atoms with Gasteiger partial charge in [0.05, 0.1) is 11.4 Å². The van der Waals surface area contributed by atoms with Gasteiger partial charge in [0.15, 0.2) is 5.65 Å². The number of hydrogen-bond donors (Lipinski definition) is 1. The van der Waals surface area contributed by atoms with E-state index in [-0.39, 0.29) is 11.7 Å². The maximum Gasteiger partial charge on any atom is 0.234 e. The molecule has 1 aromatic carbocycles. The van der Waals surface area contributed by atoms with Crippen LogP contribution in [0.3, 0.4) is 0 Å². The Labute approximate surface area is 166 Å². The highest BCUT2D eigenvalue weighted by molar-refractivity contribution is 7.99. The molecule has 8 heteroatoms. The second-order valence-corrected chi connectivity index (χ2v) is 7.30. The van der Waals surface area contributed by atoms with Gasteiger partial charge in [-0.3, -0.25) is 9.78 Å². The summed E-state index contributed by atoms with van der Waals surface area (Å²) in [6.45, 7) is 4.00. The fourth-order valence-electron chi connectivity index (χ4n) is 2.81. The summed E-state index contributed by atoms with van der Waals surface area (Å²) < 4.78 is 1.66. The van der Waals surface area contributed by atoms with Crippen LogP contribution in [0.2, 0.25) is 0 Å². The third-order valence-electron chi connectivity index (χ3n) is 4.20.